The molecule has 3 rings (SSSR count). The lowest BCUT2D eigenvalue weighted by Crippen LogP contribution is -2.53. The molecule has 0 aromatic heterocycles. The molecular weight excluding hydrogens is 414 g/mol. The molecule has 0 aromatic carbocycles. The van der Waals surface area contributed by atoms with Gasteiger partial charge in [-0.05, 0) is 37.4 Å². The molecule has 6 nitrogen and oxygen atoms in total. The van der Waals surface area contributed by atoms with Crippen LogP contribution >= 0.6 is 0 Å². The number of aliphatic hydroxyl groups is 3. The monoisotopic (exact) mass is 471 g/mol. The number of nitrogens with zero attached hydrogens (tertiary/aromatic N) is 3. The summed E-state index contributed by atoms with van der Waals surface area (Å²) in [5, 5.41) is 29.4. The number of rotatable bonds is 3. The summed E-state index contributed by atoms with van der Waals surface area (Å²) in [5.74, 6) is 1.50. The van der Waals surface area contributed by atoms with Crippen LogP contribution in [0.2, 0.25) is 0 Å². The van der Waals surface area contributed by atoms with Crippen molar-refractivity contribution in [1.82, 2.24) is 14.7 Å². The standard InChI is InChI=1S/3C9H19NO/c3*1-9(2,3)8(11)7-5-10(4)6-7/h3*7-8,11H,5-6H2,1-4H3/t2*8-;/m10./s1. The Kier molecular flexibility index (Phi) is 10.9. The fourth-order valence-electron chi connectivity index (χ4n) is 4.96. The molecule has 198 valence electrons. The normalized spacial score (nSPS) is 24.8. The van der Waals surface area contributed by atoms with Crippen molar-refractivity contribution in [3.8, 4) is 0 Å². The van der Waals surface area contributed by atoms with Gasteiger partial charge in [0.05, 0.1) is 18.3 Å². The summed E-state index contributed by atoms with van der Waals surface area (Å²) >= 11 is 0. The van der Waals surface area contributed by atoms with E-state index in [0.717, 1.165) is 39.3 Å². The number of aliphatic hydroxyl groups excluding tert-OH is 3. The average Bonchev–Trinajstić information content (AvgIpc) is 2.57. The minimum absolute atomic E-state index is 0.0475. The van der Waals surface area contributed by atoms with Gasteiger partial charge in [-0.3, -0.25) is 0 Å². The number of hydrogen-bond acceptors (Lipinski definition) is 6. The van der Waals surface area contributed by atoms with Gasteiger partial charge in [-0.15, -0.1) is 0 Å². The van der Waals surface area contributed by atoms with Crippen molar-refractivity contribution in [3.05, 3.63) is 0 Å². The summed E-state index contributed by atoms with van der Waals surface area (Å²) in [7, 11) is 6.27. The first-order valence-corrected chi connectivity index (χ1v) is 12.8. The lowest BCUT2D eigenvalue weighted by Gasteiger charge is -2.43. The van der Waals surface area contributed by atoms with Gasteiger partial charge in [0.25, 0.3) is 0 Å². The molecule has 3 N–H and O–H groups in total. The molecule has 3 aliphatic heterocycles. The SMILES string of the molecule is CN1CC(C(O)C(C)(C)C)C1.CN1CC([C@@H](O)C(C)(C)C)C1.CN1CC([C@H](O)C(C)(C)C)C1. The molecule has 6 heteroatoms. The van der Waals surface area contributed by atoms with Crippen LogP contribution in [0.1, 0.15) is 62.3 Å². The predicted octanol–water partition coefficient (Wildman–Crippen LogP) is 2.87. The molecule has 3 fully saturated rings. The highest BCUT2D eigenvalue weighted by Gasteiger charge is 2.38. The van der Waals surface area contributed by atoms with Crippen LogP contribution < -0.4 is 0 Å². The molecule has 33 heavy (non-hydrogen) atoms. The fourth-order valence-corrected chi connectivity index (χ4v) is 4.96. The highest BCUT2D eigenvalue weighted by Crippen LogP contribution is 2.31. The molecule has 3 saturated heterocycles. The Morgan fingerprint density at radius 1 is 0.455 bits per heavy atom. The Hall–Kier alpha value is -0.240. The van der Waals surface area contributed by atoms with E-state index in [1.807, 2.05) is 0 Å². The van der Waals surface area contributed by atoms with Crippen molar-refractivity contribution >= 4 is 0 Å². The van der Waals surface area contributed by atoms with E-state index in [2.05, 4.69) is 98.2 Å². The van der Waals surface area contributed by atoms with Gasteiger partial charge in [0.2, 0.25) is 0 Å². The van der Waals surface area contributed by atoms with Gasteiger partial charge >= 0.3 is 0 Å². The van der Waals surface area contributed by atoms with Crippen molar-refractivity contribution in [2.24, 2.45) is 34.0 Å². The molecule has 1 unspecified atom stereocenters. The zero-order valence-electron chi connectivity index (χ0n) is 23.9. The van der Waals surface area contributed by atoms with Gasteiger partial charge in [0.1, 0.15) is 0 Å². The van der Waals surface area contributed by atoms with Gasteiger partial charge in [0.15, 0.2) is 0 Å². The lowest BCUT2D eigenvalue weighted by molar-refractivity contribution is -0.0488. The first-order chi connectivity index (χ1) is 14.7. The second-order valence-electron chi connectivity index (χ2n) is 14.4. The molecular formula is C27H57N3O3. The lowest BCUT2D eigenvalue weighted by atomic mass is 9.78. The summed E-state index contributed by atoms with van der Waals surface area (Å²) < 4.78 is 0. The highest BCUT2D eigenvalue weighted by molar-refractivity contribution is 4.90. The van der Waals surface area contributed by atoms with E-state index in [0.29, 0.717) is 17.8 Å². The van der Waals surface area contributed by atoms with Gasteiger partial charge in [-0.2, -0.15) is 0 Å². The minimum atomic E-state index is -0.140. The number of likely N-dealkylation sites (tertiary alicyclic amines) is 3. The maximum atomic E-state index is 9.80. The summed E-state index contributed by atoms with van der Waals surface area (Å²) in [4.78, 5) is 6.71. The zero-order valence-corrected chi connectivity index (χ0v) is 23.9. The Morgan fingerprint density at radius 2 is 0.606 bits per heavy atom. The molecule has 0 aliphatic carbocycles. The van der Waals surface area contributed by atoms with E-state index in [9.17, 15) is 15.3 Å². The average molecular weight is 472 g/mol. The number of hydrogen-bond donors (Lipinski definition) is 3. The summed E-state index contributed by atoms with van der Waals surface area (Å²) in [5.41, 5.74) is 0.143. The van der Waals surface area contributed by atoms with E-state index in [1.54, 1.807) is 0 Å². The van der Waals surface area contributed by atoms with Crippen LogP contribution in [0, 0.1) is 34.0 Å². The van der Waals surface area contributed by atoms with Gasteiger partial charge in [-0.25, -0.2) is 0 Å². The third-order valence-electron chi connectivity index (χ3n) is 7.28. The second kappa shape index (κ2) is 11.7. The van der Waals surface area contributed by atoms with Crippen molar-refractivity contribution in [3.63, 3.8) is 0 Å². The fraction of sp³-hybridized carbons (Fsp3) is 1.00. The molecule has 0 amide bonds. The molecule has 0 bridgehead atoms. The van der Waals surface area contributed by atoms with E-state index in [-0.39, 0.29) is 34.6 Å². The Bertz CT molecular complexity index is 480. The first-order valence-electron chi connectivity index (χ1n) is 12.8. The van der Waals surface area contributed by atoms with Gasteiger partial charge in [0, 0.05) is 57.0 Å². The zero-order chi connectivity index (χ0) is 25.9. The molecule has 0 spiro atoms. The summed E-state index contributed by atoms with van der Waals surface area (Å²) in [6.07, 6.45) is -0.420. The van der Waals surface area contributed by atoms with Crippen LogP contribution in [0.25, 0.3) is 0 Å². The highest BCUT2D eigenvalue weighted by atomic mass is 16.3. The molecule has 0 radical (unpaired) electrons. The van der Waals surface area contributed by atoms with Crippen LogP contribution in [-0.2, 0) is 0 Å². The van der Waals surface area contributed by atoms with Gasteiger partial charge < -0.3 is 30.0 Å². The Balaban J connectivity index is 0.000000247. The second-order valence-corrected chi connectivity index (χ2v) is 14.4. The van der Waals surface area contributed by atoms with E-state index < -0.39 is 0 Å². The largest absolute Gasteiger partial charge is 0.392 e. The van der Waals surface area contributed by atoms with Crippen LogP contribution in [-0.4, -0.2) is 109 Å². The van der Waals surface area contributed by atoms with Crippen LogP contribution in [0.5, 0.6) is 0 Å². The summed E-state index contributed by atoms with van der Waals surface area (Å²) in [6, 6.07) is 0. The quantitative estimate of drug-likeness (QED) is 0.588. The van der Waals surface area contributed by atoms with Crippen LogP contribution in [0.15, 0.2) is 0 Å². The van der Waals surface area contributed by atoms with Crippen molar-refractivity contribution in [2.75, 3.05) is 60.4 Å². The third-order valence-corrected chi connectivity index (χ3v) is 7.28. The Morgan fingerprint density at radius 3 is 0.697 bits per heavy atom. The third kappa shape index (κ3) is 9.73. The maximum Gasteiger partial charge on any atom is 0.0641 e. The molecule has 0 saturated carbocycles. The molecule has 3 atom stereocenters. The van der Waals surface area contributed by atoms with E-state index in [4.69, 9.17) is 0 Å². The topological polar surface area (TPSA) is 70.4 Å². The molecule has 3 heterocycles. The van der Waals surface area contributed by atoms with E-state index in [1.165, 1.54) is 0 Å². The minimum Gasteiger partial charge on any atom is -0.392 e. The van der Waals surface area contributed by atoms with Crippen LogP contribution in [0.4, 0.5) is 0 Å². The van der Waals surface area contributed by atoms with Crippen molar-refractivity contribution < 1.29 is 15.3 Å². The van der Waals surface area contributed by atoms with Crippen LogP contribution in [0.3, 0.4) is 0 Å². The summed E-state index contributed by atoms with van der Waals surface area (Å²) in [6.45, 7) is 25.2. The van der Waals surface area contributed by atoms with Crippen molar-refractivity contribution in [1.29, 1.82) is 0 Å². The molecule has 0 aromatic rings. The Labute approximate surface area is 205 Å². The van der Waals surface area contributed by atoms with E-state index >= 15 is 0 Å². The smallest absolute Gasteiger partial charge is 0.0641 e. The van der Waals surface area contributed by atoms with Crippen molar-refractivity contribution in [2.45, 2.75) is 80.6 Å². The maximum absolute atomic E-state index is 9.80. The first kappa shape index (κ1) is 30.8. The molecule has 3 aliphatic rings. The predicted molar refractivity (Wildman–Crippen MR) is 139 cm³/mol. The van der Waals surface area contributed by atoms with Gasteiger partial charge in [-0.1, -0.05) is 62.3 Å².